The Bertz CT molecular complexity index is 542. The number of rotatable bonds is 3. The van der Waals surface area contributed by atoms with Gasteiger partial charge in [0.25, 0.3) is 0 Å². The highest BCUT2D eigenvalue weighted by Gasteiger charge is 2.09. The van der Waals surface area contributed by atoms with E-state index in [0.29, 0.717) is 17.3 Å². The third-order valence-electron chi connectivity index (χ3n) is 2.29. The van der Waals surface area contributed by atoms with Crippen molar-refractivity contribution in [3.8, 4) is 0 Å². The topological polar surface area (TPSA) is 81.7 Å². The SMILES string of the molecule is Cc1cc(Nc2nccnc2C(N)=S)nn1C. The van der Waals surface area contributed by atoms with Crippen LogP contribution in [-0.2, 0) is 7.05 Å². The third-order valence-corrected chi connectivity index (χ3v) is 2.49. The minimum Gasteiger partial charge on any atom is -0.388 e. The molecule has 88 valence electrons. The zero-order chi connectivity index (χ0) is 12.4. The van der Waals surface area contributed by atoms with E-state index in [1.165, 1.54) is 0 Å². The Morgan fingerprint density at radius 2 is 2.12 bits per heavy atom. The van der Waals surface area contributed by atoms with Gasteiger partial charge in [0.15, 0.2) is 11.6 Å². The van der Waals surface area contributed by atoms with Gasteiger partial charge in [0.05, 0.1) is 0 Å². The lowest BCUT2D eigenvalue weighted by atomic mass is 10.4. The molecular weight excluding hydrogens is 236 g/mol. The van der Waals surface area contributed by atoms with Crippen molar-refractivity contribution < 1.29 is 0 Å². The first-order valence-electron chi connectivity index (χ1n) is 4.96. The van der Waals surface area contributed by atoms with Gasteiger partial charge in [-0.05, 0) is 6.92 Å². The molecule has 2 aromatic heterocycles. The molecule has 0 aliphatic heterocycles. The standard InChI is InChI=1S/C10H12N6S/c1-6-5-7(15-16(6)2)14-10-8(9(11)17)12-3-4-13-10/h3-5H,1-2H3,(H2,11,17)(H,13,14,15). The van der Waals surface area contributed by atoms with E-state index in [-0.39, 0.29) is 4.99 Å². The van der Waals surface area contributed by atoms with Crippen molar-refractivity contribution in [1.82, 2.24) is 19.7 Å². The molecule has 3 N–H and O–H groups in total. The molecule has 0 saturated carbocycles. The first-order valence-corrected chi connectivity index (χ1v) is 5.37. The number of thiocarbonyl (C=S) groups is 1. The Morgan fingerprint density at radius 3 is 2.71 bits per heavy atom. The van der Waals surface area contributed by atoms with Crippen LogP contribution < -0.4 is 11.1 Å². The second kappa shape index (κ2) is 4.46. The summed E-state index contributed by atoms with van der Waals surface area (Å²) in [5.74, 6) is 1.20. The van der Waals surface area contributed by atoms with E-state index in [1.807, 2.05) is 20.0 Å². The van der Waals surface area contributed by atoms with Crippen molar-refractivity contribution in [3.05, 3.63) is 29.8 Å². The number of aryl methyl sites for hydroxylation is 2. The van der Waals surface area contributed by atoms with Crippen LogP contribution in [0.1, 0.15) is 11.4 Å². The molecule has 0 radical (unpaired) electrons. The fraction of sp³-hybridized carbons (Fsp3) is 0.200. The summed E-state index contributed by atoms with van der Waals surface area (Å²) in [6.07, 6.45) is 3.11. The Balaban J connectivity index is 2.33. The van der Waals surface area contributed by atoms with Gasteiger partial charge in [-0.25, -0.2) is 9.97 Å². The molecule has 2 heterocycles. The van der Waals surface area contributed by atoms with E-state index in [0.717, 1.165) is 5.69 Å². The molecule has 0 aliphatic rings. The number of hydrogen-bond acceptors (Lipinski definition) is 5. The summed E-state index contributed by atoms with van der Waals surface area (Å²) in [5, 5.41) is 7.30. The largest absolute Gasteiger partial charge is 0.388 e. The highest BCUT2D eigenvalue weighted by molar-refractivity contribution is 7.80. The Labute approximate surface area is 104 Å². The first kappa shape index (κ1) is 11.5. The summed E-state index contributed by atoms with van der Waals surface area (Å²) >= 11 is 4.91. The van der Waals surface area contributed by atoms with Crippen LogP contribution in [0, 0.1) is 6.92 Å². The monoisotopic (exact) mass is 248 g/mol. The summed E-state index contributed by atoms with van der Waals surface area (Å²) in [7, 11) is 1.87. The van der Waals surface area contributed by atoms with E-state index >= 15 is 0 Å². The molecule has 0 amide bonds. The van der Waals surface area contributed by atoms with Gasteiger partial charge in [0.2, 0.25) is 0 Å². The molecule has 0 fully saturated rings. The maximum Gasteiger partial charge on any atom is 0.160 e. The molecule has 0 aliphatic carbocycles. The van der Waals surface area contributed by atoms with Crippen molar-refractivity contribution in [2.75, 3.05) is 5.32 Å². The molecule has 0 unspecified atom stereocenters. The van der Waals surface area contributed by atoms with Gasteiger partial charge in [0.1, 0.15) is 10.7 Å². The molecule has 7 heteroatoms. The summed E-state index contributed by atoms with van der Waals surface area (Å²) < 4.78 is 1.76. The quantitative estimate of drug-likeness (QED) is 0.785. The number of anilines is 2. The predicted octanol–water partition coefficient (Wildman–Crippen LogP) is 0.896. The van der Waals surface area contributed by atoms with Crippen molar-refractivity contribution in [3.63, 3.8) is 0 Å². The van der Waals surface area contributed by atoms with Gasteiger partial charge in [-0.3, -0.25) is 4.68 Å². The summed E-state index contributed by atoms with van der Waals surface area (Å²) in [6, 6.07) is 1.90. The lowest BCUT2D eigenvalue weighted by Gasteiger charge is -2.05. The van der Waals surface area contributed by atoms with Crippen LogP contribution in [0.5, 0.6) is 0 Å². The van der Waals surface area contributed by atoms with Crippen LogP contribution in [0.15, 0.2) is 18.5 Å². The van der Waals surface area contributed by atoms with Crippen molar-refractivity contribution in [1.29, 1.82) is 0 Å². The summed E-state index contributed by atoms with van der Waals surface area (Å²) in [5.41, 5.74) is 7.07. The molecule has 0 atom stereocenters. The normalized spacial score (nSPS) is 10.2. The number of hydrogen-bond donors (Lipinski definition) is 2. The third kappa shape index (κ3) is 2.39. The zero-order valence-electron chi connectivity index (χ0n) is 9.51. The van der Waals surface area contributed by atoms with Gasteiger partial charge in [-0.15, -0.1) is 0 Å². The molecule has 0 spiro atoms. The first-order chi connectivity index (χ1) is 8.08. The lowest BCUT2D eigenvalue weighted by molar-refractivity contribution is 0.743. The summed E-state index contributed by atoms with van der Waals surface area (Å²) in [6.45, 7) is 1.96. The average molecular weight is 248 g/mol. The lowest BCUT2D eigenvalue weighted by Crippen LogP contribution is -2.15. The van der Waals surface area contributed by atoms with Crippen molar-refractivity contribution in [2.45, 2.75) is 6.92 Å². The number of nitrogens with zero attached hydrogens (tertiary/aromatic N) is 4. The summed E-state index contributed by atoms with van der Waals surface area (Å²) in [4.78, 5) is 8.42. The van der Waals surface area contributed by atoms with Crippen molar-refractivity contribution in [2.24, 2.45) is 12.8 Å². The predicted molar refractivity (Wildman–Crippen MR) is 69.1 cm³/mol. The van der Waals surface area contributed by atoms with Crippen LogP contribution in [0.4, 0.5) is 11.6 Å². The molecule has 0 aromatic carbocycles. The fourth-order valence-corrected chi connectivity index (χ4v) is 1.50. The zero-order valence-corrected chi connectivity index (χ0v) is 10.3. The van der Waals surface area contributed by atoms with E-state index in [9.17, 15) is 0 Å². The second-order valence-electron chi connectivity index (χ2n) is 3.54. The fourth-order valence-electron chi connectivity index (χ4n) is 1.35. The van der Waals surface area contributed by atoms with Crippen LogP contribution >= 0.6 is 12.2 Å². The van der Waals surface area contributed by atoms with Crippen LogP contribution in [0.3, 0.4) is 0 Å². The van der Waals surface area contributed by atoms with Crippen LogP contribution in [-0.4, -0.2) is 24.7 Å². The molecule has 0 saturated heterocycles. The molecule has 0 bridgehead atoms. The van der Waals surface area contributed by atoms with Gasteiger partial charge >= 0.3 is 0 Å². The van der Waals surface area contributed by atoms with E-state index in [4.69, 9.17) is 18.0 Å². The minimum atomic E-state index is 0.202. The van der Waals surface area contributed by atoms with Gasteiger partial charge in [0, 0.05) is 31.2 Å². The van der Waals surface area contributed by atoms with Gasteiger partial charge < -0.3 is 11.1 Å². The van der Waals surface area contributed by atoms with E-state index < -0.39 is 0 Å². The Hall–Kier alpha value is -2.02. The maximum atomic E-state index is 5.57. The van der Waals surface area contributed by atoms with E-state index in [2.05, 4.69) is 20.4 Å². The molecule has 6 nitrogen and oxygen atoms in total. The molecular formula is C10H12N6S. The second-order valence-corrected chi connectivity index (χ2v) is 3.98. The van der Waals surface area contributed by atoms with Gasteiger partial charge in [-0.1, -0.05) is 12.2 Å². The molecule has 2 rings (SSSR count). The molecule has 17 heavy (non-hydrogen) atoms. The van der Waals surface area contributed by atoms with Crippen LogP contribution in [0.2, 0.25) is 0 Å². The number of nitrogens with two attached hydrogens (primary N) is 1. The Morgan fingerprint density at radius 1 is 1.41 bits per heavy atom. The van der Waals surface area contributed by atoms with Crippen molar-refractivity contribution >= 4 is 28.8 Å². The maximum absolute atomic E-state index is 5.57. The average Bonchev–Trinajstić information content (AvgIpc) is 2.58. The number of aromatic nitrogens is 4. The van der Waals surface area contributed by atoms with Gasteiger partial charge in [-0.2, -0.15) is 5.10 Å². The highest BCUT2D eigenvalue weighted by atomic mass is 32.1. The number of nitrogens with one attached hydrogen (secondary N) is 1. The minimum absolute atomic E-state index is 0.202. The molecule has 2 aromatic rings. The highest BCUT2D eigenvalue weighted by Crippen LogP contribution is 2.16. The van der Waals surface area contributed by atoms with E-state index in [1.54, 1.807) is 17.1 Å². The Kier molecular flexibility index (Phi) is 3.01. The smallest absolute Gasteiger partial charge is 0.160 e. The van der Waals surface area contributed by atoms with Crippen LogP contribution in [0.25, 0.3) is 0 Å².